The fraction of sp³-hybridized carbons (Fsp3) is 0.176. The number of nitrogens with zero attached hydrogens (tertiary/aromatic N) is 1. The second-order valence-electron chi connectivity index (χ2n) is 10.4. The van der Waals surface area contributed by atoms with Gasteiger partial charge in [-0.15, -0.1) is 0 Å². The van der Waals surface area contributed by atoms with Crippen LogP contribution in [0.4, 0.5) is 0 Å². The number of hydrazine groups is 1. The van der Waals surface area contributed by atoms with E-state index in [-0.39, 0.29) is 16.5 Å². The Bertz CT molecular complexity index is 1740. The smallest absolute Gasteiger partial charge is 0.335 e. The molecule has 0 saturated heterocycles. The van der Waals surface area contributed by atoms with Gasteiger partial charge in [0.2, 0.25) is 0 Å². The summed E-state index contributed by atoms with van der Waals surface area (Å²) in [6, 6.07) is 31.6. The summed E-state index contributed by atoms with van der Waals surface area (Å²) in [7, 11) is -4.16. The normalized spacial score (nSPS) is 15.2. The molecule has 0 saturated carbocycles. The minimum atomic E-state index is -4.16. The molecule has 1 aliphatic heterocycles. The van der Waals surface area contributed by atoms with Gasteiger partial charge in [-0.1, -0.05) is 97.9 Å². The van der Waals surface area contributed by atoms with Gasteiger partial charge in [0.15, 0.2) is 0 Å². The van der Waals surface area contributed by atoms with Crippen molar-refractivity contribution >= 4 is 21.9 Å². The van der Waals surface area contributed by atoms with Crippen molar-refractivity contribution in [2.24, 2.45) is 0 Å². The van der Waals surface area contributed by atoms with Gasteiger partial charge in [-0.05, 0) is 47.7 Å². The van der Waals surface area contributed by atoms with Crippen molar-refractivity contribution < 1.29 is 23.1 Å². The molecule has 0 radical (unpaired) electrons. The summed E-state index contributed by atoms with van der Waals surface area (Å²) < 4.78 is 28.7. The highest BCUT2D eigenvalue weighted by Gasteiger charge is 2.36. The molecule has 1 unspecified atom stereocenters. The minimum absolute atomic E-state index is 0.0145. The van der Waals surface area contributed by atoms with Crippen LogP contribution in [0.2, 0.25) is 0 Å². The molecule has 0 aromatic heterocycles. The topological polar surface area (TPSA) is 116 Å². The lowest BCUT2D eigenvalue weighted by molar-refractivity contribution is -0.133. The number of nitrogens with one attached hydrogen (secondary N) is 2. The standard InChI is InChI=1S/C34H33N3O5S/c1-2-21-37-30(23-24-11-5-3-6-12-24)32(34(39)40)29(35-37)22-25-17-19-26(20-18-25)28-15-9-10-16-31(28)43(41,42)36-33(38)27-13-7-4-8-14-27/h3-20,30,35H,2,21-23H2,1H3,(H,36,38)(H,39,40). The highest BCUT2D eigenvalue weighted by Crippen LogP contribution is 2.30. The predicted molar refractivity (Wildman–Crippen MR) is 165 cm³/mol. The summed E-state index contributed by atoms with van der Waals surface area (Å²) in [6.45, 7) is 2.76. The zero-order valence-corrected chi connectivity index (χ0v) is 24.6. The Balaban J connectivity index is 1.39. The highest BCUT2D eigenvalue weighted by molar-refractivity contribution is 7.90. The number of allylic oxidation sites excluding steroid dienone is 1. The third-order valence-electron chi connectivity index (χ3n) is 7.37. The zero-order valence-electron chi connectivity index (χ0n) is 23.7. The first kappa shape index (κ1) is 29.8. The summed E-state index contributed by atoms with van der Waals surface area (Å²) in [5.41, 5.74) is 7.64. The van der Waals surface area contributed by atoms with Crippen LogP contribution in [0.25, 0.3) is 11.1 Å². The van der Waals surface area contributed by atoms with Crippen LogP contribution in [0, 0.1) is 0 Å². The van der Waals surface area contributed by atoms with E-state index in [4.69, 9.17) is 0 Å². The molecular weight excluding hydrogens is 562 g/mol. The van der Waals surface area contributed by atoms with E-state index in [1.165, 1.54) is 6.07 Å². The number of carboxylic acids is 1. The Labute approximate surface area is 251 Å². The first-order valence-corrected chi connectivity index (χ1v) is 15.6. The summed E-state index contributed by atoms with van der Waals surface area (Å²) >= 11 is 0. The lowest BCUT2D eigenvalue weighted by Gasteiger charge is -2.25. The van der Waals surface area contributed by atoms with Gasteiger partial charge in [0.1, 0.15) is 0 Å². The Hall–Kier alpha value is -4.73. The van der Waals surface area contributed by atoms with E-state index >= 15 is 0 Å². The molecule has 4 aromatic carbocycles. The van der Waals surface area contributed by atoms with Crippen LogP contribution in [0.3, 0.4) is 0 Å². The SMILES string of the molecule is CCCN1NC(Cc2ccc(-c3ccccc3S(=O)(=O)NC(=O)c3ccccc3)cc2)=C(C(=O)O)C1Cc1ccccc1. The zero-order chi connectivity index (χ0) is 30.4. The van der Waals surface area contributed by atoms with E-state index in [0.717, 1.165) is 17.5 Å². The average Bonchev–Trinajstić information content (AvgIpc) is 3.34. The molecule has 0 bridgehead atoms. The van der Waals surface area contributed by atoms with Gasteiger partial charge in [0.05, 0.1) is 16.5 Å². The summed E-state index contributed by atoms with van der Waals surface area (Å²) in [5.74, 6) is -1.66. The quantitative estimate of drug-likeness (QED) is 0.218. The van der Waals surface area contributed by atoms with Crippen LogP contribution >= 0.6 is 0 Å². The minimum Gasteiger partial charge on any atom is -0.478 e. The van der Waals surface area contributed by atoms with E-state index in [1.807, 2.05) is 59.6 Å². The number of hydrogen-bond donors (Lipinski definition) is 3. The number of hydrogen-bond acceptors (Lipinski definition) is 6. The van der Waals surface area contributed by atoms with Crippen LogP contribution in [0.1, 0.15) is 34.8 Å². The fourth-order valence-electron chi connectivity index (χ4n) is 5.35. The molecule has 0 fully saturated rings. The molecule has 8 nitrogen and oxygen atoms in total. The molecule has 1 atom stereocenters. The molecule has 1 amide bonds. The van der Waals surface area contributed by atoms with Gasteiger partial charge < -0.3 is 10.5 Å². The maximum absolute atomic E-state index is 13.2. The Morgan fingerprint density at radius 3 is 2.12 bits per heavy atom. The van der Waals surface area contributed by atoms with Crippen molar-refractivity contribution in [3.8, 4) is 11.1 Å². The van der Waals surface area contributed by atoms with Gasteiger partial charge in [-0.25, -0.2) is 22.9 Å². The van der Waals surface area contributed by atoms with Crippen LogP contribution in [0.15, 0.2) is 125 Å². The third kappa shape index (κ3) is 6.85. The van der Waals surface area contributed by atoms with E-state index in [1.54, 1.807) is 48.5 Å². The maximum Gasteiger partial charge on any atom is 0.335 e. The van der Waals surface area contributed by atoms with E-state index in [9.17, 15) is 23.1 Å². The van der Waals surface area contributed by atoms with E-state index in [0.29, 0.717) is 41.8 Å². The lowest BCUT2D eigenvalue weighted by atomic mass is 9.95. The second-order valence-corrected chi connectivity index (χ2v) is 12.0. The number of carbonyl (C=O) groups is 2. The van der Waals surface area contributed by atoms with Crippen molar-refractivity contribution in [3.63, 3.8) is 0 Å². The average molecular weight is 596 g/mol. The van der Waals surface area contributed by atoms with Gasteiger partial charge >= 0.3 is 5.97 Å². The molecule has 9 heteroatoms. The molecule has 220 valence electrons. The molecule has 4 aromatic rings. The summed E-state index contributed by atoms with van der Waals surface area (Å²) in [5, 5.41) is 12.2. The first-order valence-electron chi connectivity index (χ1n) is 14.1. The summed E-state index contributed by atoms with van der Waals surface area (Å²) in [4.78, 5) is 25.1. The second kappa shape index (κ2) is 13.1. The number of carboxylic acid groups (broad SMARTS) is 1. The van der Waals surface area contributed by atoms with Crippen molar-refractivity contribution in [2.45, 2.75) is 37.1 Å². The molecular formula is C34H33N3O5S. The molecule has 3 N–H and O–H groups in total. The monoisotopic (exact) mass is 595 g/mol. The summed E-state index contributed by atoms with van der Waals surface area (Å²) in [6.07, 6.45) is 1.81. The molecule has 0 aliphatic carbocycles. The Morgan fingerprint density at radius 1 is 0.837 bits per heavy atom. The number of aliphatic carboxylic acids is 1. The Morgan fingerprint density at radius 2 is 1.47 bits per heavy atom. The maximum atomic E-state index is 13.2. The van der Waals surface area contributed by atoms with Gasteiger partial charge in [0.25, 0.3) is 15.9 Å². The van der Waals surface area contributed by atoms with Crippen LogP contribution < -0.4 is 10.1 Å². The van der Waals surface area contributed by atoms with Crippen molar-refractivity contribution in [2.75, 3.05) is 6.54 Å². The molecule has 43 heavy (non-hydrogen) atoms. The fourth-order valence-corrected chi connectivity index (χ4v) is 6.55. The highest BCUT2D eigenvalue weighted by atomic mass is 32.2. The number of rotatable bonds is 11. The van der Waals surface area contributed by atoms with Crippen LogP contribution in [0.5, 0.6) is 0 Å². The molecule has 1 heterocycles. The van der Waals surface area contributed by atoms with Crippen molar-refractivity contribution in [3.05, 3.63) is 137 Å². The number of amides is 1. The van der Waals surface area contributed by atoms with Crippen molar-refractivity contribution in [1.82, 2.24) is 15.2 Å². The molecule has 1 aliphatic rings. The first-order chi connectivity index (χ1) is 20.8. The predicted octanol–water partition coefficient (Wildman–Crippen LogP) is 5.20. The van der Waals surface area contributed by atoms with E-state index in [2.05, 4.69) is 17.1 Å². The number of sulfonamides is 1. The van der Waals surface area contributed by atoms with Crippen molar-refractivity contribution in [1.29, 1.82) is 0 Å². The van der Waals surface area contributed by atoms with Gasteiger partial charge in [-0.3, -0.25) is 4.79 Å². The Kier molecular flexibility index (Phi) is 9.04. The van der Waals surface area contributed by atoms with Gasteiger partial charge in [0, 0.05) is 29.8 Å². The van der Waals surface area contributed by atoms with Crippen LogP contribution in [-0.4, -0.2) is 43.0 Å². The van der Waals surface area contributed by atoms with E-state index < -0.39 is 21.9 Å². The van der Waals surface area contributed by atoms with Crippen LogP contribution in [-0.2, 0) is 27.7 Å². The number of carbonyl (C=O) groups excluding carboxylic acids is 1. The molecule has 5 rings (SSSR count). The third-order valence-corrected chi connectivity index (χ3v) is 8.75. The lowest BCUT2D eigenvalue weighted by Crippen LogP contribution is -2.41. The molecule has 0 spiro atoms. The largest absolute Gasteiger partial charge is 0.478 e. The number of benzene rings is 4. The van der Waals surface area contributed by atoms with Gasteiger partial charge in [-0.2, -0.15) is 0 Å².